The van der Waals surface area contributed by atoms with Crippen LogP contribution in [0, 0.1) is 0 Å². The topological polar surface area (TPSA) is 35.6 Å². The predicted octanol–water partition coefficient (Wildman–Crippen LogP) is 3.20. The molecule has 1 fully saturated rings. The smallest absolute Gasteiger partial charge is 0.321 e. The van der Waals surface area contributed by atoms with Crippen LogP contribution in [0.25, 0.3) is 0 Å². The van der Waals surface area contributed by atoms with Crippen molar-refractivity contribution < 1.29 is 4.79 Å². The van der Waals surface area contributed by atoms with Crippen molar-refractivity contribution in [3.63, 3.8) is 0 Å². The Morgan fingerprint density at radius 3 is 2.14 bits per heavy atom. The first-order chi connectivity index (χ1) is 9.90. The van der Waals surface area contributed by atoms with Crippen molar-refractivity contribution in [2.75, 3.05) is 31.5 Å². The highest BCUT2D eigenvalue weighted by atomic mass is 16.2. The summed E-state index contributed by atoms with van der Waals surface area (Å²) in [6.07, 6.45) is 1.02. The lowest BCUT2D eigenvalue weighted by Crippen LogP contribution is -2.55. The SMILES string of the molecule is CCc1ccc(NC(=O)N2CCN(C(C)(C)C)CC2)cc1. The van der Waals surface area contributed by atoms with Crippen molar-refractivity contribution >= 4 is 11.7 Å². The number of anilines is 1. The van der Waals surface area contributed by atoms with Crippen molar-refractivity contribution in [2.24, 2.45) is 0 Å². The van der Waals surface area contributed by atoms with Crippen LogP contribution in [0.2, 0.25) is 0 Å². The number of rotatable bonds is 2. The summed E-state index contributed by atoms with van der Waals surface area (Å²) in [4.78, 5) is 16.6. The van der Waals surface area contributed by atoms with E-state index in [1.165, 1.54) is 5.56 Å². The van der Waals surface area contributed by atoms with Crippen molar-refractivity contribution in [1.29, 1.82) is 0 Å². The number of carbonyl (C=O) groups is 1. The van der Waals surface area contributed by atoms with Gasteiger partial charge in [0.05, 0.1) is 0 Å². The Morgan fingerprint density at radius 1 is 1.10 bits per heavy atom. The highest BCUT2D eigenvalue weighted by molar-refractivity contribution is 5.89. The number of hydrogen-bond donors (Lipinski definition) is 1. The van der Waals surface area contributed by atoms with Crippen LogP contribution in [0.4, 0.5) is 10.5 Å². The van der Waals surface area contributed by atoms with Crippen molar-refractivity contribution in [1.82, 2.24) is 9.80 Å². The van der Waals surface area contributed by atoms with Gasteiger partial charge in [0.15, 0.2) is 0 Å². The molecule has 0 spiro atoms. The molecule has 0 radical (unpaired) electrons. The second-order valence-electron chi connectivity index (χ2n) is 6.63. The molecule has 21 heavy (non-hydrogen) atoms. The van der Waals surface area contributed by atoms with E-state index in [1.807, 2.05) is 17.0 Å². The van der Waals surface area contributed by atoms with Gasteiger partial charge in [-0.05, 0) is 44.9 Å². The highest BCUT2D eigenvalue weighted by Crippen LogP contribution is 2.17. The first-order valence-electron chi connectivity index (χ1n) is 7.80. The molecule has 1 aromatic rings. The Labute approximate surface area is 128 Å². The molecule has 1 aliphatic rings. The monoisotopic (exact) mass is 289 g/mol. The largest absolute Gasteiger partial charge is 0.322 e. The molecule has 0 aliphatic carbocycles. The molecule has 0 aromatic heterocycles. The summed E-state index contributed by atoms with van der Waals surface area (Å²) in [6, 6.07) is 8.08. The summed E-state index contributed by atoms with van der Waals surface area (Å²) in [5, 5.41) is 2.98. The lowest BCUT2D eigenvalue weighted by molar-refractivity contribution is 0.0774. The van der Waals surface area contributed by atoms with E-state index in [0.717, 1.165) is 38.3 Å². The quantitative estimate of drug-likeness (QED) is 0.907. The highest BCUT2D eigenvalue weighted by Gasteiger charge is 2.27. The molecule has 1 aromatic carbocycles. The lowest BCUT2D eigenvalue weighted by atomic mass is 10.1. The zero-order chi connectivity index (χ0) is 15.5. The molecular weight excluding hydrogens is 262 g/mol. The van der Waals surface area contributed by atoms with Gasteiger partial charge in [-0.25, -0.2) is 4.79 Å². The second-order valence-corrected chi connectivity index (χ2v) is 6.63. The fraction of sp³-hybridized carbons (Fsp3) is 0.588. The van der Waals surface area contributed by atoms with Gasteiger partial charge < -0.3 is 10.2 Å². The predicted molar refractivity (Wildman–Crippen MR) is 87.7 cm³/mol. The molecule has 0 atom stereocenters. The van der Waals surface area contributed by atoms with Crippen molar-refractivity contribution in [2.45, 2.75) is 39.7 Å². The van der Waals surface area contributed by atoms with Gasteiger partial charge in [-0.3, -0.25) is 4.90 Å². The molecule has 2 amide bonds. The Bertz CT molecular complexity index is 468. The van der Waals surface area contributed by atoms with Gasteiger partial charge in [0.25, 0.3) is 0 Å². The average molecular weight is 289 g/mol. The minimum atomic E-state index is 0.00723. The fourth-order valence-corrected chi connectivity index (χ4v) is 2.61. The van der Waals surface area contributed by atoms with Gasteiger partial charge in [-0.2, -0.15) is 0 Å². The van der Waals surface area contributed by atoms with Crippen LogP contribution in [-0.2, 0) is 6.42 Å². The molecular formula is C17H27N3O. The van der Waals surface area contributed by atoms with E-state index in [-0.39, 0.29) is 11.6 Å². The van der Waals surface area contributed by atoms with Crippen LogP contribution in [0.1, 0.15) is 33.3 Å². The third kappa shape index (κ3) is 4.21. The van der Waals surface area contributed by atoms with Gasteiger partial charge in [0.2, 0.25) is 0 Å². The fourth-order valence-electron chi connectivity index (χ4n) is 2.61. The van der Waals surface area contributed by atoms with Gasteiger partial charge in [-0.15, -0.1) is 0 Å². The number of benzene rings is 1. The Hall–Kier alpha value is -1.55. The second kappa shape index (κ2) is 6.48. The first kappa shape index (κ1) is 15.8. The van der Waals surface area contributed by atoms with Crippen molar-refractivity contribution in [3.8, 4) is 0 Å². The number of nitrogens with zero attached hydrogens (tertiary/aromatic N) is 2. The van der Waals surface area contributed by atoms with Crippen LogP contribution >= 0.6 is 0 Å². The summed E-state index contributed by atoms with van der Waals surface area (Å²) in [6.45, 7) is 12.2. The molecule has 4 heteroatoms. The molecule has 0 saturated carbocycles. The van der Waals surface area contributed by atoms with Crippen LogP contribution in [-0.4, -0.2) is 47.5 Å². The van der Waals surface area contributed by atoms with E-state index in [9.17, 15) is 4.79 Å². The van der Waals surface area contributed by atoms with Gasteiger partial charge in [0, 0.05) is 37.4 Å². The summed E-state index contributed by atoms with van der Waals surface area (Å²) >= 11 is 0. The standard InChI is InChI=1S/C17H27N3O/c1-5-14-6-8-15(9-7-14)18-16(21)19-10-12-20(13-11-19)17(2,3)4/h6-9H,5,10-13H2,1-4H3,(H,18,21). The van der Waals surface area contributed by atoms with Gasteiger partial charge >= 0.3 is 6.03 Å². The lowest BCUT2D eigenvalue weighted by Gasteiger charge is -2.42. The average Bonchev–Trinajstić information content (AvgIpc) is 2.47. The summed E-state index contributed by atoms with van der Waals surface area (Å²) in [7, 11) is 0. The number of piperazine rings is 1. The van der Waals surface area contributed by atoms with E-state index >= 15 is 0 Å². The van der Waals surface area contributed by atoms with Crippen LogP contribution < -0.4 is 5.32 Å². The molecule has 0 bridgehead atoms. The molecule has 1 N–H and O–H groups in total. The maximum absolute atomic E-state index is 12.3. The molecule has 1 heterocycles. The molecule has 2 rings (SSSR count). The van der Waals surface area contributed by atoms with E-state index in [0.29, 0.717) is 0 Å². The number of amides is 2. The maximum Gasteiger partial charge on any atom is 0.321 e. The number of urea groups is 1. The maximum atomic E-state index is 12.3. The first-order valence-corrected chi connectivity index (χ1v) is 7.80. The Balaban J connectivity index is 1.87. The number of nitrogens with one attached hydrogen (secondary N) is 1. The number of carbonyl (C=O) groups excluding carboxylic acids is 1. The molecule has 1 saturated heterocycles. The summed E-state index contributed by atoms with van der Waals surface area (Å²) < 4.78 is 0. The normalized spacial score (nSPS) is 16.9. The van der Waals surface area contributed by atoms with E-state index in [2.05, 4.69) is 50.0 Å². The molecule has 0 unspecified atom stereocenters. The van der Waals surface area contributed by atoms with E-state index in [4.69, 9.17) is 0 Å². The molecule has 116 valence electrons. The molecule has 1 aliphatic heterocycles. The Kier molecular flexibility index (Phi) is 4.88. The van der Waals surface area contributed by atoms with E-state index < -0.39 is 0 Å². The zero-order valence-corrected chi connectivity index (χ0v) is 13.6. The Morgan fingerprint density at radius 2 is 1.67 bits per heavy atom. The zero-order valence-electron chi connectivity index (χ0n) is 13.6. The molecule has 4 nitrogen and oxygen atoms in total. The van der Waals surface area contributed by atoms with Gasteiger partial charge in [-0.1, -0.05) is 19.1 Å². The van der Waals surface area contributed by atoms with Crippen LogP contribution in [0.15, 0.2) is 24.3 Å². The van der Waals surface area contributed by atoms with Crippen LogP contribution in [0.3, 0.4) is 0 Å². The van der Waals surface area contributed by atoms with Crippen LogP contribution in [0.5, 0.6) is 0 Å². The third-order valence-corrected chi connectivity index (χ3v) is 4.13. The number of hydrogen-bond acceptors (Lipinski definition) is 2. The minimum Gasteiger partial charge on any atom is -0.322 e. The minimum absolute atomic E-state index is 0.00723. The summed E-state index contributed by atoms with van der Waals surface area (Å²) in [5.41, 5.74) is 2.33. The van der Waals surface area contributed by atoms with E-state index in [1.54, 1.807) is 0 Å². The summed E-state index contributed by atoms with van der Waals surface area (Å²) in [5.74, 6) is 0. The number of aryl methyl sites for hydroxylation is 1. The third-order valence-electron chi connectivity index (χ3n) is 4.13. The van der Waals surface area contributed by atoms with Crippen molar-refractivity contribution in [3.05, 3.63) is 29.8 Å². The van der Waals surface area contributed by atoms with Gasteiger partial charge in [0.1, 0.15) is 0 Å².